The van der Waals surface area contributed by atoms with E-state index in [0.717, 1.165) is 40.2 Å². The summed E-state index contributed by atoms with van der Waals surface area (Å²) in [5.41, 5.74) is 4.21. The molecule has 0 radical (unpaired) electrons. The Balaban J connectivity index is 1.33. The van der Waals surface area contributed by atoms with Crippen LogP contribution >= 0.6 is 15.9 Å². The van der Waals surface area contributed by atoms with Crippen molar-refractivity contribution in [2.75, 3.05) is 31.1 Å². The molecule has 5 nitrogen and oxygen atoms in total. The molecule has 4 rings (SSSR count). The van der Waals surface area contributed by atoms with E-state index < -0.39 is 0 Å². The maximum atomic E-state index is 12.6. The molecule has 0 spiro atoms. The third-order valence-corrected chi connectivity index (χ3v) is 5.75. The van der Waals surface area contributed by atoms with E-state index in [9.17, 15) is 4.79 Å². The van der Waals surface area contributed by atoms with E-state index in [0.29, 0.717) is 19.5 Å². The monoisotopic (exact) mass is 450 g/mol. The topological polar surface area (TPSA) is 49.3 Å². The predicted octanol–water partition coefficient (Wildman–Crippen LogP) is 4.11. The van der Waals surface area contributed by atoms with Crippen molar-refractivity contribution in [3.05, 3.63) is 76.3 Å². The lowest BCUT2D eigenvalue weighted by Crippen LogP contribution is -2.49. The largest absolute Gasteiger partial charge is 0.352 e. The lowest BCUT2D eigenvalue weighted by atomic mass is 10.1. The smallest absolute Gasteiger partial charge is 0.227 e. The Morgan fingerprint density at radius 2 is 1.59 bits per heavy atom. The molecule has 0 aliphatic carbocycles. The van der Waals surface area contributed by atoms with Crippen LogP contribution in [0.5, 0.6) is 0 Å². The zero-order chi connectivity index (χ0) is 20.2. The minimum atomic E-state index is 0.174. The predicted molar refractivity (Wildman–Crippen MR) is 119 cm³/mol. The van der Waals surface area contributed by atoms with Crippen LogP contribution in [-0.2, 0) is 11.2 Å². The molecule has 1 aliphatic rings. The summed E-state index contributed by atoms with van der Waals surface area (Å²) < 4.78 is 1.02. The molecule has 0 saturated carbocycles. The lowest BCUT2D eigenvalue weighted by Gasteiger charge is -2.35. The van der Waals surface area contributed by atoms with Gasteiger partial charge in [0.15, 0.2) is 5.82 Å². The van der Waals surface area contributed by atoms with Gasteiger partial charge in [0.25, 0.3) is 0 Å². The number of hydrogen-bond acceptors (Lipinski definition) is 4. The normalized spacial score (nSPS) is 14.1. The van der Waals surface area contributed by atoms with E-state index in [4.69, 9.17) is 0 Å². The number of amides is 1. The second-order valence-electron chi connectivity index (χ2n) is 7.31. The first kappa shape index (κ1) is 19.6. The van der Waals surface area contributed by atoms with Crippen LogP contribution in [0.2, 0.25) is 0 Å². The standard InChI is InChI=1S/C23H23BrN4O/c1-17-2-6-19(7-3-17)21-10-11-22(26-25-21)27-12-14-28(15-13-27)23(29)16-18-4-8-20(24)9-5-18/h2-11H,12-16H2,1H3. The summed E-state index contributed by atoms with van der Waals surface area (Å²) in [5, 5.41) is 8.81. The summed E-state index contributed by atoms with van der Waals surface area (Å²) in [6, 6.07) is 20.2. The number of piperazine rings is 1. The molecule has 148 valence electrons. The van der Waals surface area contributed by atoms with Gasteiger partial charge in [0.1, 0.15) is 0 Å². The Morgan fingerprint density at radius 3 is 2.21 bits per heavy atom. The quantitative estimate of drug-likeness (QED) is 0.599. The van der Waals surface area contributed by atoms with Crippen molar-refractivity contribution in [2.24, 2.45) is 0 Å². The third kappa shape index (κ3) is 4.82. The Kier molecular flexibility index (Phi) is 5.90. The van der Waals surface area contributed by atoms with Crippen LogP contribution in [-0.4, -0.2) is 47.2 Å². The highest BCUT2D eigenvalue weighted by atomic mass is 79.9. The van der Waals surface area contributed by atoms with Gasteiger partial charge in [-0.3, -0.25) is 4.79 Å². The summed E-state index contributed by atoms with van der Waals surface area (Å²) in [5.74, 6) is 1.04. The van der Waals surface area contributed by atoms with Gasteiger partial charge < -0.3 is 9.80 Å². The highest BCUT2D eigenvalue weighted by Crippen LogP contribution is 2.20. The number of benzene rings is 2. The summed E-state index contributed by atoms with van der Waals surface area (Å²) >= 11 is 3.43. The molecule has 1 amide bonds. The van der Waals surface area contributed by atoms with Crippen LogP contribution in [0.4, 0.5) is 5.82 Å². The average molecular weight is 451 g/mol. The first-order valence-electron chi connectivity index (χ1n) is 9.76. The fourth-order valence-electron chi connectivity index (χ4n) is 3.45. The maximum absolute atomic E-state index is 12.6. The van der Waals surface area contributed by atoms with Gasteiger partial charge in [0.05, 0.1) is 12.1 Å². The molecule has 3 aromatic rings. The van der Waals surface area contributed by atoms with Crippen LogP contribution in [0, 0.1) is 6.92 Å². The number of anilines is 1. The highest BCUT2D eigenvalue weighted by molar-refractivity contribution is 9.10. The second-order valence-corrected chi connectivity index (χ2v) is 8.23. The number of halogens is 1. The first-order chi connectivity index (χ1) is 14.1. The van der Waals surface area contributed by atoms with Crippen molar-refractivity contribution in [3.63, 3.8) is 0 Å². The summed E-state index contributed by atoms with van der Waals surface area (Å²) in [4.78, 5) is 16.7. The van der Waals surface area contributed by atoms with Crippen molar-refractivity contribution >= 4 is 27.7 Å². The molecule has 0 bridgehead atoms. The van der Waals surface area contributed by atoms with Crippen molar-refractivity contribution in [2.45, 2.75) is 13.3 Å². The number of aromatic nitrogens is 2. The van der Waals surface area contributed by atoms with E-state index >= 15 is 0 Å². The minimum Gasteiger partial charge on any atom is -0.352 e. The molecule has 0 atom stereocenters. The summed E-state index contributed by atoms with van der Waals surface area (Å²) in [6.07, 6.45) is 0.443. The molecule has 1 aromatic heterocycles. The van der Waals surface area contributed by atoms with Crippen LogP contribution < -0.4 is 4.90 Å². The molecule has 0 unspecified atom stereocenters. The fourth-order valence-corrected chi connectivity index (χ4v) is 3.71. The lowest BCUT2D eigenvalue weighted by molar-refractivity contribution is -0.130. The molecule has 2 aromatic carbocycles. The average Bonchev–Trinajstić information content (AvgIpc) is 2.76. The van der Waals surface area contributed by atoms with E-state index in [2.05, 4.69) is 62.2 Å². The maximum Gasteiger partial charge on any atom is 0.227 e. The Hall–Kier alpha value is -2.73. The molecular formula is C23H23BrN4O. The molecule has 29 heavy (non-hydrogen) atoms. The molecule has 0 N–H and O–H groups in total. The molecule has 6 heteroatoms. The Labute approximate surface area is 179 Å². The Bertz CT molecular complexity index is 963. The van der Waals surface area contributed by atoms with Gasteiger partial charge in [-0.15, -0.1) is 10.2 Å². The number of aryl methyl sites for hydroxylation is 1. The van der Waals surface area contributed by atoms with Gasteiger partial charge in [-0.1, -0.05) is 57.9 Å². The fraction of sp³-hybridized carbons (Fsp3) is 0.261. The van der Waals surface area contributed by atoms with Crippen molar-refractivity contribution in [1.29, 1.82) is 0 Å². The first-order valence-corrected chi connectivity index (χ1v) is 10.6. The molecule has 1 aliphatic heterocycles. The molecule has 2 heterocycles. The van der Waals surface area contributed by atoms with E-state index in [1.165, 1.54) is 5.56 Å². The van der Waals surface area contributed by atoms with Gasteiger partial charge in [0, 0.05) is 36.2 Å². The number of carbonyl (C=O) groups is 1. The van der Waals surface area contributed by atoms with Gasteiger partial charge in [0.2, 0.25) is 5.91 Å². The van der Waals surface area contributed by atoms with Crippen molar-refractivity contribution in [1.82, 2.24) is 15.1 Å². The van der Waals surface area contributed by atoms with E-state index in [1.807, 2.05) is 41.3 Å². The van der Waals surface area contributed by atoms with Crippen molar-refractivity contribution in [3.8, 4) is 11.3 Å². The van der Waals surface area contributed by atoms with Crippen LogP contribution in [0.1, 0.15) is 11.1 Å². The van der Waals surface area contributed by atoms with Crippen LogP contribution in [0.15, 0.2) is 65.1 Å². The number of nitrogens with zero attached hydrogens (tertiary/aromatic N) is 4. The third-order valence-electron chi connectivity index (χ3n) is 5.22. The minimum absolute atomic E-state index is 0.174. The van der Waals surface area contributed by atoms with E-state index in [-0.39, 0.29) is 5.91 Å². The number of hydrogen-bond donors (Lipinski definition) is 0. The summed E-state index contributed by atoms with van der Waals surface area (Å²) in [7, 11) is 0. The van der Waals surface area contributed by atoms with Gasteiger partial charge in [-0.25, -0.2) is 0 Å². The van der Waals surface area contributed by atoms with E-state index in [1.54, 1.807) is 0 Å². The molecule has 1 fully saturated rings. The van der Waals surface area contributed by atoms with Gasteiger partial charge in [-0.2, -0.15) is 0 Å². The second kappa shape index (κ2) is 8.74. The van der Waals surface area contributed by atoms with Gasteiger partial charge in [-0.05, 0) is 36.8 Å². The van der Waals surface area contributed by atoms with Gasteiger partial charge >= 0.3 is 0 Å². The van der Waals surface area contributed by atoms with Crippen molar-refractivity contribution < 1.29 is 4.79 Å². The summed E-state index contributed by atoms with van der Waals surface area (Å²) in [6.45, 7) is 5.02. The highest BCUT2D eigenvalue weighted by Gasteiger charge is 2.22. The van der Waals surface area contributed by atoms with Crippen LogP contribution in [0.3, 0.4) is 0 Å². The Morgan fingerprint density at radius 1 is 0.897 bits per heavy atom. The number of rotatable bonds is 4. The number of carbonyl (C=O) groups excluding carboxylic acids is 1. The molecule has 1 saturated heterocycles. The van der Waals surface area contributed by atoms with Crippen LogP contribution in [0.25, 0.3) is 11.3 Å². The SMILES string of the molecule is Cc1ccc(-c2ccc(N3CCN(C(=O)Cc4ccc(Br)cc4)CC3)nn2)cc1. The molecular weight excluding hydrogens is 428 g/mol. The zero-order valence-corrected chi connectivity index (χ0v) is 18.0. The zero-order valence-electron chi connectivity index (χ0n) is 16.4.